The second-order valence-corrected chi connectivity index (χ2v) is 8.81. The molecule has 0 aliphatic rings. The zero-order valence-corrected chi connectivity index (χ0v) is 20.1. The van der Waals surface area contributed by atoms with Crippen molar-refractivity contribution in [2.45, 2.75) is 19.9 Å². The molecule has 2 aromatic heterocycles. The number of benzene rings is 1. The van der Waals surface area contributed by atoms with Gasteiger partial charge < -0.3 is 4.90 Å². The molecule has 0 fully saturated rings. The number of nitrogens with zero attached hydrogens (tertiary/aromatic N) is 4. The molecule has 1 amide bonds. The summed E-state index contributed by atoms with van der Waals surface area (Å²) in [6.07, 6.45) is 1.53. The van der Waals surface area contributed by atoms with E-state index in [1.807, 2.05) is 0 Å². The molecule has 0 saturated carbocycles. The molecule has 3 rings (SSSR count). The quantitative estimate of drug-likeness (QED) is 0.344. The molecule has 11 heteroatoms. The molecular formula is C19H13BrCl4N4O2. The number of carbonyl (C=O) groups excluding carboxylic acids is 2. The minimum Gasteiger partial charge on any atom is -0.302 e. The van der Waals surface area contributed by atoms with E-state index in [2.05, 4.69) is 26.0 Å². The molecule has 1 aromatic carbocycles. The normalized spacial score (nSPS) is 11.1. The summed E-state index contributed by atoms with van der Waals surface area (Å²) in [5.41, 5.74) is 0.310. The van der Waals surface area contributed by atoms with Crippen molar-refractivity contribution in [2.75, 3.05) is 4.90 Å². The second-order valence-electron chi connectivity index (χ2n) is 6.40. The van der Waals surface area contributed by atoms with Crippen LogP contribution in [0.25, 0.3) is 5.82 Å². The van der Waals surface area contributed by atoms with Crippen LogP contribution in [0.5, 0.6) is 0 Å². The predicted molar refractivity (Wildman–Crippen MR) is 123 cm³/mol. The van der Waals surface area contributed by atoms with Crippen LogP contribution in [0.2, 0.25) is 15.1 Å². The van der Waals surface area contributed by atoms with Crippen LogP contribution in [0.3, 0.4) is 0 Å². The van der Waals surface area contributed by atoms with Gasteiger partial charge in [-0.15, -0.1) is 0 Å². The lowest BCUT2D eigenvalue weighted by molar-refractivity contribution is 0.0972. The van der Waals surface area contributed by atoms with Gasteiger partial charge in [-0.3, -0.25) is 9.59 Å². The van der Waals surface area contributed by atoms with Gasteiger partial charge in [0.05, 0.1) is 21.3 Å². The summed E-state index contributed by atoms with van der Waals surface area (Å²) >= 11 is 27.7. The Balaban J connectivity index is 2.22. The molecule has 0 unspecified atom stereocenters. The van der Waals surface area contributed by atoms with Crippen molar-refractivity contribution in [1.82, 2.24) is 14.8 Å². The van der Waals surface area contributed by atoms with Crippen molar-refractivity contribution in [2.24, 2.45) is 0 Å². The molecule has 156 valence electrons. The largest absolute Gasteiger partial charge is 0.302 e. The Hall–Kier alpha value is -1.64. The van der Waals surface area contributed by atoms with E-state index in [1.165, 1.54) is 34.0 Å². The lowest BCUT2D eigenvalue weighted by atomic mass is 10.1. The Kier molecular flexibility index (Phi) is 7.09. The fourth-order valence-electron chi connectivity index (χ4n) is 2.88. The summed E-state index contributed by atoms with van der Waals surface area (Å²) < 4.78 is 1.71. The molecule has 30 heavy (non-hydrogen) atoms. The van der Waals surface area contributed by atoms with Crippen LogP contribution in [0.15, 0.2) is 41.1 Å². The van der Waals surface area contributed by atoms with Crippen molar-refractivity contribution in [3.8, 4) is 5.82 Å². The highest BCUT2D eigenvalue weighted by Gasteiger charge is 2.31. The fourth-order valence-corrected chi connectivity index (χ4v) is 4.18. The van der Waals surface area contributed by atoms with Crippen LogP contribution in [0.4, 0.5) is 5.69 Å². The molecule has 0 aliphatic carbocycles. The first kappa shape index (κ1) is 23.0. The third kappa shape index (κ3) is 4.50. The molecule has 0 spiro atoms. The molecule has 0 aliphatic heterocycles. The number of hydrogen-bond donors (Lipinski definition) is 0. The number of rotatable bonds is 5. The van der Waals surface area contributed by atoms with Crippen LogP contribution < -0.4 is 4.90 Å². The van der Waals surface area contributed by atoms with Crippen molar-refractivity contribution < 1.29 is 9.59 Å². The topological polar surface area (TPSA) is 68.1 Å². The SMILES string of the molecule is CC(C)N(C(=O)c1cc(Br)nn1-c1ncccc1Cl)c1c(Cl)cc(Cl)cc1C(=O)Cl. The van der Waals surface area contributed by atoms with Gasteiger partial charge in [-0.25, -0.2) is 9.67 Å². The summed E-state index contributed by atoms with van der Waals surface area (Å²) in [6.45, 7) is 3.55. The molecular weight excluding hydrogens is 538 g/mol. The number of carbonyl (C=O) groups is 2. The van der Waals surface area contributed by atoms with Crippen LogP contribution >= 0.6 is 62.3 Å². The molecule has 0 atom stereocenters. The Morgan fingerprint density at radius 2 is 1.83 bits per heavy atom. The minimum atomic E-state index is -0.796. The van der Waals surface area contributed by atoms with E-state index in [-0.39, 0.29) is 32.8 Å². The fraction of sp³-hybridized carbons (Fsp3) is 0.158. The summed E-state index contributed by atoms with van der Waals surface area (Å²) in [7, 11) is 0. The maximum absolute atomic E-state index is 13.6. The highest BCUT2D eigenvalue weighted by molar-refractivity contribution is 9.10. The van der Waals surface area contributed by atoms with Gasteiger partial charge in [0.15, 0.2) is 5.82 Å². The average Bonchev–Trinajstić information content (AvgIpc) is 3.04. The zero-order valence-electron chi connectivity index (χ0n) is 15.5. The van der Waals surface area contributed by atoms with Gasteiger partial charge in [-0.05, 0) is 65.6 Å². The van der Waals surface area contributed by atoms with Gasteiger partial charge in [-0.1, -0.05) is 34.8 Å². The van der Waals surface area contributed by atoms with Gasteiger partial charge in [0.2, 0.25) is 0 Å². The number of aromatic nitrogens is 3. The minimum absolute atomic E-state index is 0.0113. The standard InChI is InChI=1S/C19H13BrCl4N4O2/c1-9(2)27(16-11(17(24)29)6-10(21)7-13(16)23)19(30)14-8-15(20)26-28(14)18-12(22)4-3-5-25-18/h3-9H,1-2H3. The van der Waals surface area contributed by atoms with E-state index < -0.39 is 17.2 Å². The van der Waals surface area contributed by atoms with Crippen molar-refractivity contribution >= 4 is 79.2 Å². The Bertz CT molecular complexity index is 1150. The maximum atomic E-state index is 13.6. The highest BCUT2D eigenvalue weighted by atomic mass is 79.9. The van der Waals surface area contributed by atoms with Crippen LogP contribution in [0, 0.1) is 0 Å². The molecule has 6 nitrogen and oxygen atoms in total. The third-order valence-electron chi connectivity index (χ3n) is 4.05. The van der Waals surface area contributed by atoms with Crippen molar-refractivity contribution in [1.29, 1.82) is 0 Å². The van der Waals surface area contributed by atoms with E-state index in [4.69, 9.17) is 46.4 Å². The Morgan fingerprint density at radius 1 is 1.13 bits per heavy atom. The Morgan fingerprint density at radius 3 is 2.43 bits per heavy atom. The first-order valence-corrected chi connectivity index (χ1v) is 10.8. The van der Waals surface area contributed by atoms with E-state index >= 15 is 0 Å². The Labute approximate surface area is 200 Å². The number of hydrogen-bond acceptors (Lipinski definition) is 4. The van der Waals surface area contributed by atoms with Crippen LogP contribution in [0.1, 0.15) is 34.7 Å². The van der Waals surface area contributed by atoms with Crippen molar-refractivity contribution in [3.63, 3.8) is 0 Å². The van der Waals surface area contributed by atoms with Gasteiger partial charge >= 0.3 is 0 Å². The van der Waals surface area contributed by atoms with Crippen LogP contribution in [-0.4, -0.2) is 32.0 Å². The smallest absolute Gasteiger partial charge is 0.277 e. The van der Waals surface area contributed by atoms with Gasteiger partial charge in [0.1, 0.15) is 10.3 Å². The highest BCUT2D eigenvalue weighted by Crippen LogP contribution is 2.37. The van der Waals surface area contributed by atoms with Gasteiger partial charge in [0.25, 0.3) is 11.1 Å². The van der Waals surface area contributed by atoms with E-state index in [9.17, 15) is 9.59 Å². The van der Waals surface area contributed by atoms with E-state index in [0.717, 1.165) is 0 Å². The summed E-state index contributed by atoms with van der Waals surface area (Å²) in [6, 6.07) is 7.23. The monoisotopic (exact) mass is 548 g/mol. The third-order valence-corrected chi connectivity index (χ3v) is 5.45. The maximum Gasteiger partial charge on any atom is 0.277 e. The van der Waals surface area contributed by atoms with E-state index in [1.54, 1.807) is 26.0 Å². The van der Waals surface area contributed by atoms with Gasteiger partial charge in [-0.2, -0.15) is 5.10 Å². The predicted octanol–water partition coefficient (Wildman–Crippen LogP) is 6.42. The first-order chi connectivity index (χ1) is 14.1. The lowest BCUT2D eigenvalue weighted by Gasteiger charge is -2.29. The number of pyridine rings is 1. The molecule has 0 bridgehead atoms. The molecule has 2 heterocycles. The molecule has 0 saturated heterocycles. The van der Waals surface area contributed by atoms with Crippen LogP contribution in [-0.2, 0) is 0 Å². The second kappa shape index (κ2) is 9.24. The molecule has 0 radical (unpaired) electrons. The first-order valence-electron chi connectivity index (χ1n) is 8.50. The lowest BCUT2D eigenvalue weighted by Crippen LogP contribution is -2.39. The van der Waals surface area contributed by atoms with E-state index in [0.29, 0.717) is 9.63 Å². The number of amides is 1. The molecule has 3 aromatic rings. The molecule has 0 N–H and O–H groups in total. The summed E-state index contributed by atoms with van der Waals surface area (Å²) in [5, 5.41) is 4.12. The van der Waals surface area contributed by atoms with Crippen molar-refractivity contribution in [3.05, 3.63) is 67.5 Å². The van der Waals surface area contributed by atoms with Gasteiger partial charge in [0, 0.05) is 23.3 Å². The number of halogens is 5. The average molecular weight is 551 g/mol. The zero-order chi connectivity index (χ0) is 22.2. The summed E-state index contributed by atoms with van der Waals surface area (Å²) in [5.74, 6) is -0.221. The number of anilines is 1. The summed E-state index contributed by atoms with van der Waals surface area (Å²) in [4.78, 5) is 31.3.